The maximum atomic E-state index is 12.9. The van der Waals surface area contributed by atoms with Crippen LogP contribution in [-0.4, -0.2) is 59.3 Å². The number of nitro groups is 1. The number of carbonyl (C=O) groups is 2. The first-order chi connectivity index (χ1) is 14.4. The molecule has 30 heavy (non-hydrogen) atoms. The predicted octanol–water partition coefficient (Wildman–Crippen LogP) is 2.53. The van der Waals surface area contributed by atoms with E-state index >= 15 is 0 Å². The molecule has 1 saturated heterocycles. The summed E-state index contributed by atoms with van der Waals surface area (Å²) in [7, 11) is 0. The van der Waals surface area contributed by atoms with Crippen LogP contribution in [0.15, 0.2) is 54.6 Å². The van der Waals surface area contributed by atoms with E-state index in [1.165, 1.54) is 42.5 Å². The Kier molecular flexibility index (Phi) is 6.87. The van der Waals surface area contributed by atoms with Crippen molar-refractivity contribution in [2.24, 2.45) is 0 Å². The van der Waals surface area contributed by atoms with Gasteiger partial charge in [-0.1, -0.05) is 12.1 Å². The highest BCUT2D eigenvalue weighted by Crippen LogP contribution is 2.14. The van der Waals surface area contributed by atoms with Crippen molar-refractivity contribution in [1.29, 1.82) is 0 Å². The third kappa shape index (κ3) is 5.95. The molecule has 0 atom stereocenters. The number of nitrogens with zero attached hydrogens (tertiary/aromatic N) is 3. The Bertz CT molecular complexity index is 954. The van der Waals surface area contributed by atoms with Crippen LogP contribution in [0, 0.1) is 15.9 Å². The molecule has 3 rings (SSSR count). The zero-order chi connectivity index (χ0) is 21.5. The molecule has 1 fully saturated rings. The van der Waals surface area contributed by atoms with Gasteiger partial charge in [-0.25, -0.2) is 4.39 Å². The summed E-state index contributed by atoms with van der Waals surface area (Å²) in [5, 5.41) is 13.5. The predicted molar refractivity (Wildman–Crippen MR) is 110 cm³/mol. The van der Waals surface area contributed by atoms with Crippen molar-refractivity contribution in [2.75, 3.05) is 38.0 Å². The first-order valence-electron chi connectivity index (χ1n) is 9.40. The van der Waals surface area contributed by atoms with Crippen LogP contribution < -0.4 is 5.32 Å². The number of hydrogen-bond acceptors (Lipinski definition) is 5. The highest BCUT2D eigenvalue weighted by molar-refractivity contribution is 5.93. The Morgan fingerprint density at radius 1 is 1.10 bits per heavy atom. The molecule has 1 aliphatic rings. The molecule has 0 unspecified atom stereocenters. The molecule has 156 valence electrons. The molecule has 0 aliphatic carbocycles. The van der Waals surface area contributed by atoms with E-state index < -0.39 is 4.92 Å². The summed E-state index contributed by atoms with van der Waals surface area (Å²) in [4.78, 5) is 38.4. The van der Waals surface area contributed by atoms with Gasteiger partial charge in [-0.05, 0) is 35.9 Å². The summed E-state index contributed by atoms with van der Waals surface area (Å²) in [6.07, 6.45) is 2.95. The van der Waals surface area contributed by atoms with E-state index in [1.807, 2.05) is 4.90 Å². The van der Waals surface area contributed by atoms with E-state index in [2.05, 4.69) is 5.32 Å². The SMILES string of the molecule is O=C(CN1CCN(C(=O)/C=C/c2cccc([N+](=O)[O-])c2)CC1)Nc1ccc(F)cc1. The van der Waals surface area contributed by atoms with Gasteiger partial charge < -0.3 is 10.2 Å². The minimum atomic E-state index is -0.482. The number of halogens is 1. The number of carbonyl (C=O) groups excluding carboxylic acids is 2. The second kappa shape index (κ2) is 9.75. The average molecular weight is 412 g/mol. The average Bonchev–Trinajstić information content (AvgIpc) is 2.74. The molecule has 8 nitrogen and oxygen atoms in total. The fourth-order valence-electron chi connectivity index (χ4n) is 3.08. The number of nitro benzene ring substituents is 1. The Labute approximate surface area is 172 Å². The van der Waals surface area contributed by atoms with Gasteiger partial charge in [0.1, 0.15) is 5.82 Å². The number of non-ortho nitro benzene ring substituents is 1. The quantitative estimate of drug-likeness (QED) is 0.447. The summed E-state index contributed by atoms with van der Waals surface area (Å²) in [5.74, 6) is -0.753. The molecule has 9 heteroatoms. The van der Waals surface area contributed by atoms with Crippen LogP contribution in [0.1, 0.15) is 5.56 Å². The smallest absolute Gasteiger partial charge is 0.270 e. The van der Waals surface area contributed by atoms with Crippen molar-refractivity contribution >= 4 is 29.3 Å². The van der Waals surface area contributed by atoms with Crippen LogP contribution in [0.4, 0.5) is 15.8 Å². The van der Waals surface area contributed by atoms with Crippen molar-refractivity contribution in [2.45, 2.75) is 0 Å². The highest BCUT2D eigenvalue weighted by atomic mass is 19.1. The monoisotopic (exact) mass is 412 g/mol. The number of rotatable bonds is 6. The molecule has 2 aromatic rings. The van der Waals surface area contributed by atoms with Gasteiger partial charge in [0.15, 0.2) is 0 Å². The lowest BCUT2D eigenvalue weighted by molar-refractivity contribution is -0.384. The van der Waals surface area contributed by atoms with Gasteiger partial charge >= 0.3 is 0 Å². The lowest BCUT2D eigenvalue weighted by Gasteiger charge is -2.33. The lowest BCUT2D eigenvalue weighted by atomic mass is 10.2. The normalized spacial score (nSPS) is 14.6. The van der Waals surface area contributed by atoms with Gasteiger partial charge in [0, 0.05) is 50.1 Å². The molecular formula is C21H21FN4O4. The van der Waals surface area contributed by atoms with Crippen LogP contribution in [0.3, 0.4) is 0 Å². The van der Waals surface area contributed by atoms with Crippen LogP contribution in [0.5, 0.6) is 0 Å². The largest absolute Gasteiger partial charge is 0.337 e. The summed E-state index contributed by atoms with van der Waals surface area (Å²) < 4.78 is 12.9. The van der Waals surface area contributed by atoms with Crippen LogP contribution in [0.2, 0.25) is 0 Å². The van der Waals surface area contributed by atoms with Crippen molar-refractivity contribution in [3.05, 3.63) is 76.1 Å². The van der Waals surface area contributed by atoms with Crippen LogP contribution in [-0.2, 0) is 9.59 Å². The fourth-order valence-corrected chi connectivity index (χ4v) is 3.08. The molecule has 2 amide bonds. The van der Waals surface area contributed by atoms with E-state index in [9.17, 15) is 24.1 Å². The van der Waals surface area contributed by atoms with Gasteiger partial charge in [-0.3, -0.25) is 24.6 Å². The molecule has 1 N–H and O–H groups in total. The lowest BCUT2D eigenvalue weighted by Crippen LogP contribution is -2.50. The standard InChI is InChI=1S/C21H21FN4O4/c22-17-5-7-18(8-6-17)23-20(27)15-24-10-12-25(13-11-24)21(28)9-4-16-2-1-3-19(14-16)26(29)30/h1-9,14H,10-13,15H2,(H,23,27)/b9-4+. The molecule has 1 heterocycles. The highest BCUT2D eigenvalue weighted by Gasteiger charge is 2.21. The summed E-state index contributed by atoms with van der Waals surface area (Å²) in [6.45, 7) is 2.23. The number of nitrogens with one attached hydrogen (secondary N) is 1. The number of benzene rings is 2. The minimum Gasteiger partial charge on any atom is -0.337 e. The summed E-state index contributed by atoms with van der Waals surface area (Å²) in [6, 6.07) is 11.6. The van der Waals surface area contributed by atoms with Gasteiger partial charge in [-0.15, -0.1) is 0 Å². The maximum absolute atomic E-state index is 12.9. The third-order valence-electron chi connectivity index (χ3n) is 4.68. The Hall–Kier alpha value is -3.59. The van der Waals surface area contributed by atoms with E-state index in [1.54, 1.807) is 23.1 Å². The van der Waals surface area contributed by atoms with Gasteiger partial charge in [0.25, 0.3) is 5.69 Å². The van der Waals surface area contributed by atoms with Gasteiger partial charge in [0.2, 0.25) is 11.8 Å². The second-order valence-electron chi connectivity index (χ2n) is 6.84. The molecule has 2 aromatic carbocycles. The molecular weight excluding hydrogens is 391 g/mol. The Morgan fingerprint density at radius 3 is 2.47 bits per heavy atom. The minimum absolute atomic E-state index is 0.0304. The van der Waals surface area contributed by atoms with E-state index in [4.69, 9.17) is 0 Å². The van der Waals surface area contributed by atoms with Gasteiger partial charge in [0.05, 0.1) is 11.5 Å². The first kappa shape index (κ1) is 21.1. The molecule has 0 radical (unpaired) electrons. The van der Waals surface area contributed by atoms with Crippen LogP contribution >= 0.6 is 0 Å². The third-order valence-corrected chi connectivity index (χ3v) is 4.68. The fraction of sp³-hybridized carbons (Fsp3) is 0.238. The molecule has 1 aliphatic heterocycles. The Balaban J connectivity index is 1.46. The van der Waals surface area contributed by atoms with Crippen LogP contribution in [0.25, 0.3) is 6.08 Å². The number of anilines is 1. The second-order valence-corrected chi connectivity index (χ2v) is 6.84. The molecule has 0 saturated carbocycles. The molecule has 0 aromatic heterocycles. The van der Waals surface area contributed by atoms with E-state index in [0.717, 1.165) is 0 Å². The molecule has 0 bridgehead atoms. The molecule has 0 spiro atoms. The van der Waals surface area contributed by atoms with Crippen molar-refractivity contribution in [3.8, 4) is 0 Å². The maximum Gasteiger partial charge on any atom is 0.270 e. The van der Waals surface area contributed by atoms with Crippen molar-refractivity contribution in [3.63, 3.8) is 0 Å². The first-order valence-corrected chi connectivity index (χ1v) is 9.40. The van der Waals surface area contributed by atoms with E-state index in [0.29, 0.717) is 37.4 Å². The summed E-state index contributed by atoms with van der Waals surface area (Å²) in [5.41, 5.74) is 1.08. The van der Waals surface area contributed by atoms with Crippen molar-refractivity contribution in [1.82, 2.24) is 9.80 Å². The van der Waals surface area contributed by atoms with Gasteiger partial charge in [-0.2, -0.15) is 0 Å². The van der Waals surface area contributed by atoms with E-state index in [-0.39, 0.29) is 29.9 Å². The zero-order valence-corrected chi connectivity index (χ0v) is 16.2. The zero-order valence-electron chi connectivity index (χ0n) is 16.2. The number of piperazine rings is 1. The number of hydrogen-bond donors (Lipinski definition) is 1. The topological polar surface area (TPSA) is 95.8 Å². The number of amides is 2. The van der Waals surface area contributed by atoms with Crippen molar-refractivity contribution < 1.29 is 18.9 Å². The summed E-state index contributed by atoms with van der Waals surface area (Å²) >= 11 is 0. The Morgan fingerprint density at radius 2 is 1.80 bits per heavy atom.